The van der Waals surface area contributed by atoms with E-state index in [1.165, 1.54) is 29.8 Å². The Labute approximate surface area is 166 Å². The summed E-state index contributed by atoms with van der Waals surface area (Å²) >= 11 is 1.69. The smallest absolute Gasteiger partial charge is 0.221 e. The number of amides is 1. The van der Waals surface area contributed by atoms with Crippen molar-refractivity contribution in [3.63, 3.8) is 0 Å². The average molecular weight is 384 g/mol. The van der Waals surface area contributed by atoms with Crippen LogP contribution < -0.4 is 5.32 Å². The number of piperidine rings is 1. The van der Waals surface area contributed by atoms with Crippen molar-refractivity contribution in [2.24, 2.45) is 5.92 Å². The highest BCUT2D eigenvalue weighted by Gasteiger charge is 2.34. The van der Waals surface area contributed by atoms with Gasteiger partial charge < -0.3 is 10.2 Å². The molecule has 5 heteroatoms. The van der Waals surface area contributed by atoms with Gasteiger partial charge in [-0.15, -0.1) is 11.3 Å². The molecular weight excluding hydrogens is 354 g/mol. The second-order valence-corrected chi connectivity index (χ2v) is 8.91. The van der Waals surface area contributed by atoms with E-state index in [1.54, 1.807) is 11.3 Å². The molecule has 2 atom stereocenters. The SMILES string of the molecule is O=C(CCN1C[C@H]2CC[C@@H](C1)N(Cc1ccccc1)C2)NCc1cccs1. The minimum absolute atomic E-state index is 0.168. The maximum absolute atomic E-state index is 12.2. The number of nitrogens with zero attached hydrogens (tertiary/aromatic N) is 2. The number of thiophene rings is 1. The van der Waals surface area contributed by atoms with E-state index in [2.05, 4.69) is 56.9 Å². The van der Waals surface area contributed by atoms with Gasteiger partial charge in [-0.25, -0.2) is 0 Å². The lowest BCUT2D eigenvalue weighted by Crippen LogP contribution is -2.43. The molecule has 4 nitrogen and oxygen atoms in total. The summed E-state index contributed by atoms with van der Waals surface area (Å²) in [4.78, 5) is 18.6. The molecule has 0 spiro atoms. The number of hydrogen-bond acceptors (Lipinski definition) is 4. The van der Waals surface area contributed by atoms with Crippen LogP contribution in [-0.4, -0.2) is 47.9 Å². The van der Waals surface area contributed by atoms with Gasteiger partial charge >= 0.3 is 0 Å². The number of benzene rings is 1. The molecule has 5 rings (SSSR count). The summed E-state index contributed by atoms with van der Waals surface area (Å²) in [7, 11) is 0. The van der Waals surface area contributed by atoms with Crippen molar-refractivity contribution >= 4 is 17.2 Å². The van der Waals surface area contributed by atoms with Crippen LogP contribution in [-0.2, 0) is 17.9 Å². The average Bonchev–Trinajstić information content (AvgIpc) is 3.06. The van der Waals surface area contributed by atoms with Crippen LogP contribution in [0.1, 0.15) is 29.7 Å². The lowest BCUT2D eigenvalue weighted by Gasteiger charge is -2.36. The summed E-state index contributed by atoms with van der Waals surface area (Å²) in [6.07, 6.45) is 3.22. The molecule has 1 aromatic carbocycles. The third-order valence-corrected chi connectivity index (χ3v) is 6.70. The molecule has 0 unspecified atom stereocenters. The lowest BCUT2D eigenvalue weighted by atomic mass is 9.94. The molecule has 2 aromatic rings. The Morgan fingerprint density at radius 1 is 1.07 bits per heavy atom. The van der Waals surface area contributed by atoms with Crippen LogP contribution in [0.5, 0.6) is 0 Å². The fraction of sp³-hybridized carbons (Fsp3) is 0.500. The summed E-state index contributed by atoms with van der Waals surface area (Å²) in [5, 5.41) is 5.11. The van der Waals surface area contributed by atoms with E-state index in [-0.39, 0.29) is 5.91 Å². The number of rotatable bonds is 7. The summed E-state index contributed by atoms with van der Waals surface area (Å²) in [6, 6.07) is 15.5. The highest BCUT2D eigenvalue weighted by atomic mass is 32.1. The highest BCUT2D eigenvalue weighted by molar-refractivity contribution is 7.09. The van der Waals surface area contributed by atoms with Gasteiger partial charge in [-0.1, -0.05) is 36.4 Å². The van der Waals surface area contributed by atoms with E-state index in [0.29, 0.717) is 19.0 Å². The van der Waals surface area contributed by atoms with Crippen LogP contribution in [0.4, 0.5) is 0 Å². The van der Waals surface area contributed by atoms with Crippen LogP contribution in [0.2, 0.25) is 0 Å². The molecule has 27 heavy (non-hydrogen) atoms. The van der Waals surface area contributed by atoms with E-state index in [4.69, 9.17) is 0 Å². The van der Waals surface area contributed by atoms with E-state index >= 15 is 0 Å². The maximum Gasteiger partial charge on any atom is 0.221 e. The topological polar surface area (TPSA) is 35.6 Å². The minimum atomic E-state index is 0.168. The molecule has 144 valence electrons. The molecule has 0 saturated carbocycles. The fourth-order valence-electron chi connectivity index (χ4n) is 4.42. The van der Waals surface area contributed by atoms with Gasteiger partial charge in [0.2, 0.25) is 5.91 Å². The Kier molecular flexibility index (Phi) is 6.22. The van der Waals surface area contributed by atoms with Crippen molar-refractivity contribution in [2.75, 3.05) is 26.2 Å². The zero-order chi connectivity index (χ0) is 18.5. The minimum Gasteiger partial charge on any atom is -0.351 e. The Balaban J connectivity index is 1.26. The van der Waals surface area contributed by atoms with Crippen molar-refractivity contribution in [1.29, 1.82) is 0 Å². The number of carbonyl (C=O) groups is 1. The molecule has 3 saturated heterocycles. The molecule has 4 heterocycles. The number of hydrogen-bond donors (Lipinski definition) is 1. The Hall–Kier alpha value is -1.69. The second-order valence-electron chi connectivity index (χ2n) is 7.88. The zero-order valence-electron chi connectivity index (χ0n) is 15.8. The third kappa shape index (κ3) is 5.18. The Morgan fingerprint density at radius 2 is 1.96 bits per heavy atom. The summed E-state index contributed by atoms with van der Waals surface area (Å²) in [5.41, 5.74) is 1.41. The molecule has 1 aromatic heterocycles. The van der Waals surface area contributed by atoms with Crippen LogP contribution in [0.3, 0.4) is 0 Å². The van der Waals surface area contributed by atoms with E-state index in [0.717, 1.165) is 32.1 Å². The van der Waals surface area contributed by atoms with Gasteiger partial charge in [0.05, 0.1) is 6.54 Å². The third-order valence-electron chi connectivity index (χ3n) is 5.83. The predicted molar refractivity (Wildman–Crippen MR) is 111 cm³/mol. The number of carbonyl (C=O) groups excluding carboxylic acids is 1. The number of nitrogens with one attached hydrogen (secondary N) is 1. The molecule has 1 amide bonds. The van der Waals surface area contributed by atoms with Crippen molar-refractivity contribution in [2.45, 2.75) is 38.4 Å². The van der Waals surface area contributed by atoms with E-state index in [9.17, 15) is 4.79 Å². The highest BCUT2D eigenvalue weighted by Crippen LogP contribution is 2.29. The van der Waals surface area contributed by atoms with Gasteiger partial charge in [-0.2, -0.15) is 0 Å². The fourth-order valence-corrected chi connectivity index (χ4v) is 5.06. The van der Waals surface area contributed by atoms with Crippen molar-refractivity contribution in [1.82, 2.24) is 15.1 Å². The normalized spacial score (nSPS) is 23.3. The van der Waals surface area contributed by atoms with Gasteiger partial charge in [-0.05, 0) is 35.8 Å². The first kappa shape index (κ1) is 18.7. The molecule has 3 aliphatic heterocycles. The largest absolute Gasteiger partial charge is 0.351 e. The van der Waals surface area contributed by atoms with Crippen molar-refractivity contribution in [3.05, 3.63) is 58.3 Å². The van der Waals surface area contributed by atoms with Gasteiger partial charge in [0.1, 0.15) is 0 Å². The van der Waals surface area contributed by atoms with Gasteiger partial charge in [0.15, 0.2) is 0 Å². The Morgan fingerprint density at radius 3 is 2.78 bits per heavy atom. The summed E-state index contributed by atoms with van der Waals surface area (Å²) in [5.74, 6) is 0.905. The molecule has 3 aliphatic rings. The quantitative estimate of drug-likeness (QED) is 0.796. The molecule has 3 fully saturated rings. The second kappa shape index (κ2) is 9.00. The van der Waals surface area contributed by atoms with Crippen molar-refractivity contribution in [3.8, 4) is 0 Å². The van der Waals surface area contributed by atoms with Crippen LogP contribution in [0, 0.1) is 5.92 Å². The maximum atomic E-state index is 12.2. The summed E-state index contributed by atoms with van der Waals surface area (Å²) < 4.78 is 0. The Bertz CT molecular complexity index is 718. The molecule has 1 N–H and O–H groups in total. The summed E-state index contributed by atoms with van der Waals surface area (Å²) in [6.45, 7) is 6.02. The van der Waals surface area contributed by atoms with Gasteiger partial charge in [0.25, 0.3) is 0 Å². The van der Waals surface area contributed by atoms with E-state index in [1.807, 2.05) is 6.07 Å². The van der Waals surface area contributed by atoms with Crippen LogP contribution in [0.15, 0.2) is 47.8 Å². The first-order valence-corrected chi connectivity index (χ1v) is 10.9. The van der Waals surface area contributed by atoms with Crippen LogP contribution >= 0.6 is 11.3 Å². The monoisotopic (exact) mass is 383 g/mol. The molecule has 2 bridgehead atoms. The zero-order valence-corrected chi connectivity index (χ0v) is 16.7. The molecule has 0 aliphatic carbocycles. The first-order valence-electron chi connectivity index (χ1n) is 10.1. The lowest BCUT2D eigenvalue weighted by molar-refractivity contribution is -0.121. The van der Waals surface area contributed by atoms with Gasteiger partial charge in [-0.3, -0.25) is 9.69 Å². The van der Waals surface area contributed by atoms with Crippen molar-refractivity contribution < 1.29 is 4.79 Å². The van der Waals surface area contributed by atoms with E-state index < -0.39 is 0 Å². The molecular formula is C22H29N3OS. The van der Waals surface area contributed by atoms with Crippen LogP contribution in [0.25, 0.3) is 0 Å². The number of fused-ring (bicyclic) bond motifs is 4. The molecule has 0 radical (unpaired) electrons. The van der Waals surface area contributed by atoms with Gasteiger partial charge in [0, 0.05) is 50.1 Å². The standard InChI is InChI=1S/C22H29N3OS/c26-22(23-13-21-7-4-12-27-21)10-11-24-14-19-8-9-20(17-24)25(16-19)15-18-5-2-1-3-6-18/h1-7,12,19-20H,8-11,13-17H2,(H,23,26)/t19-,20+/m1/s1. The predicted octanol–water partition coefficient (Wildman–Crippen LogP) is 3.35. The first-order chi connectivity index (χ1) is 13.3.